The lowest BCUT2D eigenvalue weighted by molar-refractivity contribution is 0.163. The number of hydrogen-bond donors (Lipinski definition) is 2. The number of para-hydroxylation sites is 1. The number of nitrogens with one attached hydrogen (secondary N) is 1. The molecule has 1 aliphatic rings. The molecule has 0 atom stereocenters. The van der Waals surface area contributed by atoms with Gasteiger partial charge in [-0.05, 0) is 24.3 Å². The molecule has 1 aliphatic heterocycles. The Morgan fingerprint density at radius 3 is 2.92 bits per heavy atom. The molecule has 2 N–H and O–H groups in total. The number of aliphatic imine (C=N–C) groups is 1. The Bertz CT molecular complexity index is 1030. The molecule has 7 heteroatoms. The van der Waals surface area contributed by atoms with E-state index in [0.29, 0.717) is 39.8 Å². The Balaban J connectivity index is 1.91. The number of H-pyrrole nitrogens is 1. The van der Waals surface area contributed by atoms with Crippen LogP contribution < -0.4 is 0 Å². The highest BCUT2D eigenvalue weighted by atomic mass is 79.9. The predicted octanol–water partition coefficient (Wildman–Crippen LogP) is 4.26. The SMILES string of the molecule is Oc1[nH]c2ccc(F)cc2c1C1=Nc2ccccc2C1=NOCCBr. The average Bonchev–Trinajstić information content (AvgIpc) is 3.11. The van der Waals surface area contributed by atoms with E-state index in [1.165, 1.54) is 12.1 Å². The second-order valence-electron chi connectivity index (χ2n) is 5.48. The van der Waals surface area contributed by atoms with Gasteiger partial charge in [0, 0.05) is 21.8 Å². The summed E-state index contributed by atoms with van der Waals surface area (Å²) in [5, 5.41) is 15.8. The first-order chi connectivity index (χ1) is 12.2. The third-order valence-corrected chi connectivity index (χ3v) is 4.24. The molecule has 0 radical (unpaired) electrons. The van der Waals surface area contributed by atoms with Crippen molar-refractivity contribution in [2.75, 3.05) is 11.9 Å². The van der Waals surface area contributed by atoms with Crippen molar-refractivity contribution in [2.24, 2.45) is 10.1 Å². The number of aromatic amines is 1. The van der Waals surface area contributed by atoms with E-state index in [1.54, 1.807) is 6.07 Å². The topological polar surface area (TPSA) is 70.0 Å². The first kappa shape index (κ1) is 15.8. The molecule has 1 aromatic heterocycles. The fraction of sp³-hybridized carbons (Fsp3) is 0.111. The van der Waals surface area contributed by atoms with Crippen LogP contribution in [0.4, 0.5) is 10.1 Å². The molecule has 0 saturated heterocycles. The molecule has 3 aromatic rings. The molecule has 0 amide bonds. The van der Waals surface area contributed by atoms with Crippen molar-refractivity contribution in [1.29, 1.82) is 0 Å². The summed E-state index contributed by atoms with van der Waals surface area (Å²) in [6.45, 7) is 0.396. The van der Waals surface area contributed by atoms with Crippen LogP contribution in [0.1, 0.15) is 11.1 Å². The van der Waals surface area contributed by atoms with Gasteiger partial charge in [-0.1, -0.05) is 39.3 Å². The lowest BCUT2D eigenvalue weighted by Crippen LogP contribution is -2.13. The molecule has 126 valence electrons. The summed E-state index contributed by atoms with van der Waals surface area (Å²) in [6, 6.07) is 11.8. The van der Waals surface area contributed by atoms with Crippen LogP contribution in [0.2, 0.25) is 0 Å². The van der Waals surface area contributed by atoms with E-state index in [1.807, 2.05) is 24.3 Å². The lowest BCUT2D eigenvalue weighted by atomic mass is 10.0. The minimum absolute atomic E-state index is 0.0830. The van der Waals surface area contributed by atoms with Gasteiger partial charge in [0.2, 0.25) is 0 Å². The first-order valence-electron chi connectivity index (χ1n) is 7.64. The van der Waals surface area contributed by atoms with E-state index >= 15 is 0 Å². The van der Waals surface area contributed by atoms with E-state index < -0.39 is 5.82 Å². The maximum Gasteiger partial charge on any atom is 0.199 e. The predicted molar refractivity (Wildman–Crippen MR) is 98.8 cm³/mol. The van der Waals surface area contributed by atoms with E-state index in [4.69, 9.17) is 4.84 Å². The van der Waals surface area contributed by atoms with Crippen molar-refractivity contribution < 1.29 is 14.3 Å². The summed E-state index contributed by atoms with van der Waals surface area (Å²) < 4.78 is 13.7. The largest absolute Gasteiger partial charge is 0.494 e. The van der Waals surface area contributed by atoms with E-state index in [2.05, 4.69) is 31.1 Å². The van der Waals surface area contributed by atoms with Crippen molar-refractivity contribution in [1.82, 2.24) is 4.98 Å². The zero-order valence-corrected chi connectivity index (χ0v) is 14.5. The van der Waals surface area contributed by atoms with E-state index in [9.17, 15) is 9.50 Å². The summed E-state index contributed by atoms with van der Waals surface area (Å²) in [5.74, 6) is -0.474. The Labute approximate surface area is 151 Å². The fourth-order valence-electron chi connectivity index (χ4n) is 2.87. The minimum Gasteiger partial charge on any atom is -0.494 e. The van der Waals surface area contributed by atoms with Crippen LogP contribution in [0, 0.1) is 5.82 Å². The molecule has 0 spiro atoms. The highest BCUT2D eigenvalue weighted by Gasteiger charge is 2.29. The van der Waals surface area contributed by atoms with Crippen molar-refractivity contribution in [3.63, 3.8) is 0 Å². The number of aromatic hydroxyl groups is 1. The Morgan fingerprint density at radius 2 is 2.08 bits per heavy atom. The third-order valence-electron chi connectivity index (χ3n) is 3.92. The average molecular weight is 402 g/mol. The highest BCUT2D eigenvalue weighted by Crippen LogP contribution is 2.35. The minimum atomic E-state index is -0.391. The van der Waals surface area contributed by atoms with E-state index in [0.717, 1.165) is 11.3 Å². The van der Waals surface area contributed by atoms with Gasteiger partial charge in [0.25, 0.3) is 0 Å². The van der Waals surface area contributed by atoms with Crippen molar-refractivity contribution in [2.45, 2.75) is 0 Å². The number of oxime groups is 1. The molecular formula is C18H13BrFN3O2. The van der Waals surface area contributed by atoms with Crippen molar-refractivity contribution >= 4 is 43.9 Å². The number of aromatic nitrogens is 1. The molecule has 2 heterocycles. The summed E-state index contributed by atoms with van der Waals surface area (Å²) in [7, 11) is 0. The number of hydrogen-bond acceptors (Lipinski definition) is 4. The van der Waals surface area contributed by atoms with Crippen molar-refractivity contribution in [3.05, 3.63) is 59.4 Å². The molecule has 5 nitrogen and oxygen atoms in total. The van der Waals surface area contributed by atoms with Gasteiger partial charge in [-0.3, -0.25) is 0 Å². The smallest absolute Gasteiger partial charge is 0.199 e. The zero-order chi connectivity index (χ0) is 17.4. The number of benzene rings is 2. The van der Waals surface area contributed by atoms with Crippen LogP contribution in [-0.4, -0.2) is 33.5 Å². The molecule has 0 unspecified atom stereocenters. The number of halogens is 2. The Hall–Kier alpha value is -2.67. The van der Waals surface area contributed by atoms with Crippen LogP contribution >= 0.6 is 15.9 Å². The number of rotatable bonds is 4. The first-order valence-corrected chi connectivity index (χ1v) is 8.76. The third kappa shape index (κ3) is 2.70. The van der Waals surface area contributed by atoms with Gasteiger partial charge >= 0.3 is 0 Å². The maximum atomic E-state index is 13.7. The number of nitrogens with zero attached hydrogens (tertiary/aromatic N) is 2. The second kappa shape index (κ2) is 6.33. The molecule has 2 aromatic carbocycles. The Morgan fingerprint density at radius 1 is 1.24 bits per heavy atom. The van der Waals surface area contributed by atoms with Crippen LogP contribution in [-0.2, 0) is 4.84 Å². The molecule has 0 saturated carbocycles. The summed E-state index contributed by atoms with van der Waals surface area (Å²) in [4.78, 5) is 12.8. The lowest BCUT2D eigenvalue weighted by Gasteiger charge is -2.04. The van der Waals surface area contributed by atoms with Gasteiger partial charge in [-0.15, -0.1) is 0 Å². The van der Waals surface area contributed by atoms with Crippen LogP contribution in [0.15, 0.2) is 52.6 Å². The standard InChI is InChI=1S/C18H13BrFN3O2/c19-7-8-25-23-16-11-3-1-2-4-13(11)21-17(16)15-12-9-10(20)5-6-14(12)22-18(15)24/h1-6,9,22,24H,7-8H2. The van der Waals surface area contributed by atoms with Gasteiger partial charge < -0.3 is 14.9 Å². The van der Waals surface area contributed by atoms with Gasteiger partial charge in [0.15, 0.2) is 5.88 Å². The normalized spacial score (nSPS) is 14.8. The summed E-state index contributed by atoms with van der Waals surface area (Å²) in [5.41, 5.74) is 3.52. The van der Waals surface area contributed by atoms with Gasteiger partial charge in [-0.2, -0.15) is 0 Å². The fourth-order valence-corrected chi connectivity index (χ4v) is 3.02. The summed E-state index contributed by atoms with van der Waals surface area (Å²) >= 11 is 3.29. The van der Waals surface area contributed by atoms with Crippen LogP contribution in [0.25, 0.3) is 10.9 Å². The van der Waals surface area contributed by atoms with Crippen molar-refractivity contribution in [3.8, 4) is 5.88 Å². The Kier molecular flexibility index (Phi) is 4.01. The highest BCUT2D eigenvalue weighted by molar-refractivity contribution is 9.09. The molecule has 4 rings (SSSR count). The monoisotopic (exact) mass is 401 g/mol. The maximum absolute atomic E-state index is 13.7. The second-order valence-corrected chi connectivity index (χ2v) is 6.27. The number of fused-ring (bicyclic) bond motifs is 2. The van der Waals surface area contributed by atoms with Gasteiger partial charge in [-0.25, -0.2) is 9.38 Å². The molecule has 0 aliphatic carbocycles. The van der Waals surface area contributed by atoms with Crippen LogP contribution in [0.3, 0.4) is 0 Å². The molecule has 0 fully saturated rings. The quantitative estimate of drug-likeness (QED) is 0.389. The molecular weight excluding hydrogens is 389 g/mol. The van der Waals surface area contributed by atoms with Gasteiger partial charge in [0.05, 0.1) is 11.3 Å². The van der Waals surface area contributed by atoms with E-state index in [-0.39, 0.29) is 5.88 Å². The zero-order valence-electron chi connectivity index (χ0n) is 13.0. The summed E-state index contributed by atoms with van der Waals surface area (Å²) in [6.07, 6.45) is 0. The molecule has 0 bridgehead atoms. The molecule has 25 heavy (non-hydrogen) atoms. The van der Waals surface area contributed by atoms with Crippen LogP contribution in [0.5, 0.6) is 5.88 Å². The number of alkyl halides is 1. The van der Waals surface area contributed by atoms with Gasteiger partial charge in [0.1, 0.15) is 23.8 Å².